The van der Waals surface area contributed by atoms with Crippen LogP contribution < -0.4 is 5.73 Å². The lowest BCUT2D eigenvalue weighted by Gasteiger charge is -2.27. The molecule has 0 bridgehead atoms. The summed E-state index contributed by atoms with van der Waals surface area (Å²) in [4.78, 5) is 6.43. The Morgan fingerprint density at radius 2 is 1.89 bits per heavy atom. The second-order valence-electron chi connectivity index (χ2n) is 5.22. The summed E-state index contributed by atoms with van der Waals surface area (Å²) in [6, 6.07) is 0. The zero-order chi connectivity index (χ0) is 13.7. The smallest absolute Gasteiger partial charge is 0.191 e. The lowest BCUT2D eigenvalue weighted by atomic mass is 9.99. The van der Waals surface area contributed by atoms with Gasteiger partial charge in [-0.05, 0) is 25.2 Å². The molecule has 0 spiro atoms. The number of sulfone groups is 1. The van der Waals surface area contributed by atoms with E-state index in [9.17, 15) is 8.42 Å². The van der Waals surface area contributed by atoms with Crippen LogP contribution >= 0.6 is 0 Å². The van der Waals surface area contributed by atoms with Crippen molar-refractivity contribution in [2.75, 3.05) is 44.4 Å². The average molecular weight is 289 g/mol. The molecule has 2 saturated heterocycles. The number of morpholine rings is 1. The van der Waals surface area contributed by atoms with Crippen molar-refractivity contribution in [2.24, 2.45) is 16.6 Å². The minimum absolute atomic E-state index is 0.334. The highest BCUT2D eigenvalue weighted by Gasteiger charge is 2.23. The molecule has 7 heteroatoms. The molecule has 2 aliphatic heterocycles. The molecule has 2 fully saturated rings. The summed E-state index contributed by atoms with van der Waals surface area (Å²) in [5, 5.41) is 0. The second-order valence-corrected chi connectivity index (χ2v) is 7.53. The van der Waals surface area contributed by atoms with Gasteiger partial charge in [0.05, 0.1) is 24.7 Å². The first-order valence-corrected chi connectivity index (χ1v) is 8.72. The third-order valence-electron chi connectivity index (χ3n) is 3.82. The molecular weight excluding hydrogens is 266 g/mol. The van der Waals surface area contributed by atoms with Crippen molar-refractivity contribution in [3.8, 4) is 0 Å². The van der Waals surface area contributed by atoms with Crippen molar-refractivity contribution in [2.45, 2.75) is 19.3 Å². The molecule has 0 radical (unpaired) electrons. The van der Waals surface area contributed by atoms with Gasteiger partial charge < -0.3 is 15.4 Å². The van der Waals surface area contributed by atoms with E-state index >= 15 is 0 Å². The van der Waals surface area contributed by atoms with Gasteiger partial charge in [-0.1, -0.05) is 0 Å². The van der Waals surface area contributed by atoms with E-state index in [1.807, 2.05) is 4.90 Å². The highest BCUT2D eigenvalue weighted by atomic mass is 32.2. The average Bonchev–Trinajstić information content (AvgIpc) is 2.41. The normalized spacial score (nSPS) is 25.5. The van der Waals surface area contributed by atoms with Gasteiger partial charge in [0.15, 0.2) is 5.96 Å². The number of nitrogens with two attached hydrogens (primary N) is 1. The maximum Gasteiger partial charge on any atom is 0.191 e. The van der Waals surface area contributed by atoms with Crippen molar-refractivity contribution in [3.63, 3.8) is 0 Å². The van der Waals surface area contributed by atoms with E-state index in [0.29, 0.717) is 43.1 Å². The van der Waals surface area contributed by atoms with E-state index in [1.165, 1.54) is 0 Å². The number of rotatable bonds is 3. The van der Waals surface area contributed by atoms with Crippen molar-refractivity contribution < 1.29 is 13.2 Å². The van der Waals surface area contributed by atoms with Gasteiger partial charge in [0.25, 0.3) is 0 Å². The first kappa shape index (κ1) is 14.6. The molecule has 0 saturated carbocycles. The van der Waals surface area contributed by atoms with Crippen molar-refractivity contribution in [1.29, 1.82) is 0 Å². The van der Waals surface area contributed by atoms with Crippen LogP contribution in [-0.4, -0.2) is 63.6 Å². The molecular formula is C12H23N3O3S. The third-order valence-corrected chi connectivity index (χ3v) is 5.54. The largest absolute Gasteiger partial charge is 0.378 e. The third kappa shape index (κ3) is 4.65. The number of ether oxygens (including phenoxy) is 1. The van der Waals surface area contributed by atoms with Crippen LogP contribution in [0.4, 0.5) is 0 Å². The lowest BCUT2D eigenvalue weighted by Crippen LogP contribution is -2.44. The van der Waals surface area contributed by atoms with Crippen molar-refractivity contribution >= 4 is 15.8 Å². The monoisotopic (exact) mass is 289 g/mol. The van der Waals surface area contributed by atoms with E-state index in [4.69, 9.17) is 10.5 Å². The molecule has 0 amide bonds. The maximum atomic E-state index is 11.3. The van der Waals surface area contributed by atoms with E-state index in [0.717, 1.165) is 32.4 Å². The number of hydrogen-bond acceptors (Lipinski definition) is 4. The van der Waals surface area contributed by atoms with Crippen LogP contribution in [0, 0.1) is 5.92 Å². The Labute approximate surface area is 114 Å². The second kappa shape index (κ2) is 6.56. The molecule has 2 heterocycles. The molecule has 110 valence electrons. The molecule has 0 atom stereocenters. The number of guanidine groups is 1. The van der Waals surface area contributed by atoms with Gasteiger partial charge in [-0.3, -0.25) is 4.99 Å². The summed E-state index contributed by atoms with van der Waals surface area (Å²) < 4.78 is 27.9. The molecule has 2 N–H and O–H groups in total. The molecule has 2 aliphatic rings. The first-order chi connectivity index (χ1) is 9.07. The maximum absolute atomic E-state index is 11.3. The predicted octanol–water partition coefficient (Wildman–Crippen LogP) is -0.152. The molecule has 0 aliphatic carbocycles. The van der Waals surface area contributed by atoms with Gasteiger partial charge in [0, 0.05) is 19.6 Å². The molecule has 2 rings (SSSR count). The summed E-state index contributed by atoms with van der Waals surface area (Å²) >= 11 is 0. The molecule has 0 aromatic heterocycles. The molecule has 0 aromatic carbocycles. The van der Waals surface area contributed by atoms with Crippen molar-refractivity contribution in [3.05, 3.63) is 0 Å². The van der Waals surface area contributed by atoms with Crippen LogP contribution in [-0.2, 0) is 14.6 Å². The Balaban J connectivity index is 1.70. The Morgan fingerprint density at radius 1 is 1.26 bits per heavy atom. The van der Waals surface area contributed by atoms with Gasteiger partial charge in [0.1, 0.15) is 9.84 Å². The topological polar surface area (TPSA) is 85.0 Å². The van der Waals surface area contributed by atoms with Crippen LogP contribution in [0.25, 0.3) is 0 Å². The zero-order valence-electron chi connectivity index (χ0n) is 11.3. The fourth-order valence-corrected chi connectivity index (χ4v) is 4.07. The standard InChI is InChI=1S/C12H23N3O3S/c13-12(15-5-7-18-8-6-15)14-4-1-11-2-9-19(16,17)10-3-11/h11H,1-10H2,(H2,13,14). The van der Waals surface area contributed by atoms with Crippen LogP contribution in [0.1, 0.15) is 19.3 Å². The summed E-state index contributed by atoms with van der Waals surface area (Å²) in [5.74, 6) is 1.73. The van der Waals surface area contributed by atoms with Crippen LogP contribution in [0.5, 0.6) is 0 Å². The van der Waals surface area contributed by atoms with Crippen LogP contribution in [0.2, 0.25) is 0 Å². The Morgan fingerprint density at radius 3 is 2.53 bits per heavy atom. The minimum atomic E-state index is -2.76. The van der Waals surface area contributed by atoms with Gasteiger partial charge in [-0.2, -0.15) is 0 Å². The Hall–Kier alpha value is -0.820. The fourth-order valence-electron chi connectivity index (χ4n) is 2.48. The lowest BCUT2D eigenvalue weighted by molar-refractivity contribution is 0.0674. The quantitative estimate of drug-likeness (QED) is 0.577. The zero-order valence-corrected chi connectivity index (χ0v) is 12.1. The fraction of sp³-hybridized carbons (Fsp3) is 0.917. The number of aliphatic imine (C=N–C) groups is 1. The van der Waals surface area contributed by atoms with Crippen LogP contribution in [0.15, 0.2) is 4.99 Å². The first-order valence-electron chi connectivity index (χ1n) is 6.90. The Kier molecular flexibility index (Phi) is 5.04. The summed E-state index contributed by atoms with van der Waals surface area (Å²) in [6.07, 6.45) is 2.48. The molecule has 0 unspecified atom stereocenters. The molecule has 0 aromatic rings. The van der Waals surface area contributed by atoms with Gasteiger partial charge in [0.2, 0.25) is 0 Å². The highest BCUT2D eigenvalue weighted by Crippen LogP contribution is 2.21. The number of nitrogens with zero attached hydrogens (tertiary/aromatic N) is 2. The SMILES string of the molecule is NC(=NCCC1CCS(=O)(=O)CC1)N1CCOCC1. The van der Waals surface area contributed by atoms with Crippen molar-refractivity contribution in [1.82, 2.24) is 4.90 Å². The summed E-state index contributed by atoms with van der Waals surface area (Å²) in [5.41, 5.74) is 5.93. The van der Waals surface area contributed by atoms with E-state index < -0.39 is 9.84 Å². The van der Waals surface area contributed by atoms with E-state index in [-0.39, 0.29) is 0 Å². The molecule has 19 heavy (non-hydrogen) atoms. The minimum Gasteiger partial charge on any atom is -0.378 e. The van der Waals surface area contributed by atoms with E-state index in [1.54, 1.807) is 0 Å². The highest BCUT2D eigenvalue weighted by molar-refractivity contribution is 7.91. The number of hydrogen-bond donors (Lipinski definition) is 1. The Bertz CT molecular complexity index is 402. The van der Waals surface area contributed by atoms with E-state index in [2.05, 4.69) is 4.99 Å². The van der Waals surface area contributed by atoms with Crippen LogP contribution in [0.3, 0.4) is 0 Å². The summed E-state index contributed by atoms with van der Waals surface area (Å²) in [6.45, 7) is 3.70. The predicted molar refractivity (Wildman–Crippen MR) is 74.9 cm³/mol. The van der Waals surface area contributed by atoms with Gasteiger partial charge in [-0.15, -0.1) is 0 Å². The summed E-state index contributed by atoms with van der Waals surface area (Å²) in [7, 11) is -2.76. The molecule has 6 nitrogen and oxygen atoms in total. The van der Waals surface area contributed by atoms with Gasteiger partial charge in [-0.25, -0.2) is 8.42 Å². The van der Waals surface area contributed by atoms with Gasteiger partial charge >= 0.3 is 0 Å².